The highest BCUT2D eigenvalue weighted by Gasteiger charge is 2.16. The van der Waals surface area contributed by atoms with Crippen molar-refractivity contribution in [1.82, 2.24) is 15.5 Å². The summed E-state index contributed by atoms with van der Waals surface area (Å²) in [6, 6.07) is 5.24. The Morgan fingerprint density at radius 1 is 1.38 bits per heavy atom. The first-order valence-corrected chi connectivity index (χ1v) is 7.70. The summed E-state index contributed by atoms with van der Waals surface area (Å²) >= 11 is 1.53. The van der Waals surface area contributed by atoms with E-state index < -0.39 is 0 Å². The fourth-order valence-corrected chi connectivity index (χ4v) is 3.14. The molecule has 0 bridgehead atoms. The van der Waals surface area contributed by atoms with Crippen molar-refractivity contribution in [3.05, 3.63) is 38.9 Å². The lowest BCUT2D eigenvalue weighted by atomic mass is 10.1. The molecule has 0 amide bonds. The Morgan fingerprint density at radius 3 is 2.71 bits per heavy atom. The van der Waals surface area contributed by atoms with E-state index in [0.717, 1.165) is 28.5 Å². The minimum atomic E-state index is -0.372. The van der Waals surface area contributed by atoms with Crippen LogP contribution in [0, 0.1) is 17.0 Å². The Balaban J connectivity index is 2.29. The third-order valence-electron chi connectivity index (χ3n) is 3.24. The van der Waals surface area contributed by atoms with Crippen molar-refractivity contribution in [1.29, 1.82) is 0 Å². The van der Waals surface area contributed by atoms with Crippen molar-refractivity contribution in [3.8, 4) is 10.6 Å². The lowest BCUT2D eigenvalue weighted by molar-refractivity contribution is -0.385. The molecule has 7 heteroatoms. The van der Waals surface area contributed by atoms with Crippen LogP contribution in [0.1, 0.15) is 36.9 Å². The average molecular weight is 306 g/mol. The van der Waals surface area contributed by atoms with E-state index in [1.54, 1.807) is 19.1 Å². The van der Waals surface area contributed by atoms with Crippen LogP contribution in [0.25, 0.3) is 10.6 Å². The van der Waals surface area contributed by atoms with E-state index in [1.807, 2.05) is 0 Å². The summed E-state index contributed by atoms with van der Waals surface area (Å²) in [5.41, 5.74) is 1.63. The molecule has 0 saturated heterocycles. The molecule has 6 nitrogen and oxygen atoms in total. The molecule has 0 fully saturated rings. The fourth-order valence-electron chi connectivity index (χ4n) is 2.14. The molecule has 1 aromatic heterocycles. The number of nitro groups is 1. The molecular weight excluding hydrogens is 288 g/mol. The van der Waals surface area contributed by atoms with Crippen LogP contribution in [0.4, 0.5) is 5.69 Å². The van der Waals surface area contributed by atoms with E-state index in [1.165, 1.54) is 17.4 Å². The van der Waals surface area contributed by atoms with Gasteiger partial charge in [0.25, 0.3) is 5.69 Å². The molecule has 0 spiro atoms. The zero-order valence-electron chi connectivity index (χ0n) is 12.3. The van der Waals surface area contributed by atoms with Crippen LogP contribution in [0.2, 0.25) is 0 Å². The van der Waals surface area contributed by atoms with E-state index in [0.29, 0.717) is 5.56 Å². The number of hydrogen-bond acceptors (Lipinski definition) is 6. The number of nitrogens with one attached hydrogen (secondary N) is 1. The Morgan fingerprint density at radius 2 is 2.14 bits per heavy atom. The fraction of sp³-hybridized carbons (Fsp3) is 0.429. The van der Waals surface area contributed by atoms with Crippen LogP contribution in [-0.4, -0.2) is 21.7 Å². The number of nitrogens with zero attached hydrogens (tertiary/aromatic N) is 3. The first kappa shape index (κ1) is 15.5. The molecule has 1 unspecified atom stereocenters. The minimum Gasteiger partial charge on any atom is -0.308 e. The summed E-state index contributed by atoms with van der Waals surface area (Å²) in [4.78, 5) is 10.5. The molecule has 0 saturated carbocycles. The van der Waals surface area contributed by atoms with Crippen molar-refractivity contribution >= 4 is 17.0 Å². The second-order valence-electron chi connectivity index (χ2n) is 4.72. The van der Waals surface area contributed by atoms with Crippen molar-refractivity contribution in [2.75, 3.05) is 6.54 Å². The van der Waals surface area contributed by atoms with E-state index in [9.17, 15) is 10.1 Å². The largest absolute Gasteiger partial charge is 0.308 e. The van der Waals surface area contributed by atoms with Gasteiger partial charge in [-0.15, -0.1) is 10.2 Å². The Kier molecular flexibility index (Phi) is 4.98. The maximum Gasteiger partial charge on any atom is 0.272 e. The molecule has 1 aromatic carbocycles. The van der Waals surface area contributed by atoms with Gasteiger partial charge in [0.1, 0.15) is 10.0 Å². The van der Waals surface area contributed by atoms with E-state index in [2.05, 4.69) is 29.4 Å². The molecule has 2 aromatic rings. The molecule has 0 radical (unpaired) electrons. The molecule has 2 rings (SSSR count). The van der Waals surface area contributed by atoms with Gasteiger partial charge in [0.05, 0.1) is 11.0 Å². The SMILES string of the molecule is CCNC(CC)c1nnc(-c2ccc([N+](=O)[O-])c(C)c2)s1. The smallest absolute Gasteiger partial charge is 0.272 e. The maximum atomic E-state index is 10.8. The van der Waals surface area contributed by atoms with Crippen molar-refractivity contribution in [2.45, 2.75) is 33.2 Å². The van der Waals surface area contributed by atoms with Crippen LogP contribution >= 0.6 is 11.3 Å². The first-order chi connectivity index (χ1) is 10.1. The summed E-state index contributed by atoms with van der Waals surface area (Å²) in [7, 11) is 0. The van der Waals surface area contributed by atoms with Crippen molar-refractivity contribution < 1.29 is 4.92 Å². The highest BCUT2D eigenvalue weighted by molar-refractivity contribution is 7.14. The summed E-state index contributed by atoms with van der Waals surface area (Å²) < 4.78 is 0. The molecule has 0 aliphatic rings. The molecule has 0 aliphatic heterocycles. The molecule has 1 N–H and O–H groups in total. The lowest BCUT2D eigenvalue weighted by Crippen LogP contribution is -2.19. The number of aryl methyl sites for hydroxylation is 1. The zero-order valence-corrected chi connectivity index (χ0v) is 13.1. The highest BCUT2D eigenvalue weighted by Crippen LogP contribution is 2.30. The third kappa shape index (κ3) is 3.43. The van der Waals surface area contributed by atoms with Gasteiger partial charge in [-0.3, -0.25) is 10.1 Å². The predicted octanol–water partition coefficient (Wildman–Crippen LogP) is 3.48. The van der Waals surface area contributed by atoms with E-state index in [4.69, 9.17) is 0 Å². The monoisotopic (exact) mass is 306 g/mol. The van der Waals surface area contributed by atoms with Crippen LogP contribution in [0.15, 0.2) is 18.2 Å². The van der Waals surface area contributed by atoms with Gasteiger partial charge in [-0.25, -0.2) is 0 Å². The lowest BCUT2D eigenvalue weighted by Gasteiger charge is -2.10. The minimum absolute atomic E-state index is 0.127. The Bertz CT molecular complexity index is 642. The average Bonchev–Trinajstić information content (AvgIpc) is 2.93. The van der Waals surface area contributed by atoms with Gasteiger partial charge >= 0.3 is 0 Å². The topological polar surface area (TPSA) is 81.0 Å². The quantitative estimate of drug-likeness (QED) is 0.652. The molecule has 112 valence electrons. The number of rotatable bonds is 6. The summed E-state index contributed by atoms with van der Waals surface area (Å²) in [6.45, 7) is 6.77. The van der Waals surface area contributed by atoms with Gasteiger partial charge in [-0.1, -0.05) is 25.2 Å². The van der Waals surface area contributed by atoms with Gasteiger partial charge in [-0.05, 0) is 32.0 Å². The summed E-state index contributed by atoms with van der Waals surface area (Å²) in [5.74, 6) is 0. The summed E-state index contributed by atoms with van der Waals surface area (Å²) in [6.07, 6.45) is 0.946. The highest BCUT2D eigenvalue weighted by atomic mass is 32.1. The van der Waals surface area contributed by atoms with E-state index in [-0.39, 0.29) is 16.7 Å². The Hall–Kier alpha value is -1.86. The Labute approximate surface area is 127 Å². The maximum absolute atomic E-state index is 10.8. The van der Waals surface area contributed by atoms with Crippen LogP contribution < -0.4 is 5.32 Å². The number of benzene rings is 1. The van der Waals surface area contributed by atoms with Gasteiger partial charge in [0, 0.05) is 17.2 Å². The second kappa shape index (κ2) is 6.73. The molecule has 0 aliphatic carbocycles. The normalized spacial score (nSPS) is 12.3. The standard InChI is InChI=1S/C14H18N4O2S/c1-4-11(15-5-2)14-17-16-13(21-14)10-6-7-12(18(19)20)9(3)8-10/h6-8,11,15H,4-5H2,1-3H3. The van der Waals surface area contributed by atoms with Crippen molar-refractivity contribution in [3.63, 3.8) is 0 Å². The van der Waals surface area contributed by atoms with Crippen LogP contribution in [0.5, 0.6) is 0 Å². The van der Waals surface area contributed by atoms with Crippen LogP contribution in [0.3, 0.4) is 0 Å². The van der Waals surface area contributed by atoms with Gasteiger partial charge in [0.15, 0.2) is 0 Å². The number of nitro benzene ring substituents is 1. The molecule has 21 heavy (non-hydrogen) atoms. The number of hydrogen-bond donors (Lipinski definition) is 1. The predicted molar refractivity (Wildman–Crippen MR) is 83.4 cm³/mol. The van der Waals surface area contributed by atoms with Gasteiger partial charge in [-0.2, -0.15) is 0 Å². The van der Waals surface area contributed by atoms with E-state index >= 15 is 0 Å². The first-order valence-electron chi connectivity index (χ1n) is 6.89. The molecule has 1 heterocycles. The third-order valence-corrected chi connectivity index (χ3v) is 4.32. The zero-order chi connectivity index (χ0) is 15.4. The summed E-state index contributed by atoms with van der Waals surface area (Å²) in [5, 5.41) is 24.4. The number of aromatic nitrogens is 2. The van der Waals surface area contributed by atoms with Crippen LogP contribution in [-0.2, 0) is 0 Å². The van der Waals surface area contributed by atoms with Crippen molar-refractivity contribution in [2.24, 2.45) is 0 Å². The second-order valence-corrected chi connectivity index (χ2v) is 5.73. The van der Waals surface area contributed by atoms with Gasteiger partial charge < -0.3 is 5.32 Å². The molecule has 1 atom stereocenters. The van der Waals surface area contributed by atoms with Gasteiger partial charge in [0.2, 0.25) is 0 Å². The molecular formula is C14H18N4O2S.